The molecule has 8 rings (SSSR count). The van der Waals surface area contributed by atoms with Crippen LogP contribution in [0.1, 0.15) is 89.7 Å². The Balaban J connectivity index is 1.01. The van der Waals surface area contributed by atoms with Gasteiger partial charge in [0.15, 0.2) is 0 Å². The summed E-state index contributed by atoms with van der Waals surface area (Å²) in [6, 6.07) is 12.7. The lowest BCUT2D eigenvalue weighted by molar-refractivity contribution is -0.138. The summed E-state index contributed by atoms with van der Waals surface area (Å²) in [5.41, 5.74) is 7.89. The average Bonchev–Trinajstić information content (AvgIpc) is 4.11. The van der Waals surface area contributed by atoms with Crippen LogP contribution >= 0.6 is 0 Å². The molecule has 3 N–H and O–H groups in total. The Hall–Kier alpha value is -5.96. The lowest BCUT2D eigenvalue weighted by Gasteiger charge is -2.34. The SMILES string of the molecule is CC[C@H](C)[C@H](NC(=O)OC)C(=O)N1[C@@H](C)CC[C@H]1c1ncc(-c2ccc3c(c2)COc2cc4c5c(ccc4cc2-3)N=C(C2CC[C@H](C)N2C(=O)[C@@H](NC(=O)OC)[C@@H](C)OC)C5)[nH]1. The van der Waals surface area contributed by atoms with Crippen LogP contribution in [-0.2, 0) is 36.8 Å². The first-order valence-corrected chi connectivity index (χ1v) is 21.7. The van der Waals surface area contributed by atoms with Crippen LogP contribution in [0.15, 0.2) is 53.7 Å². The summed E-state index contributed by atoms with van der Waals surface area (Å²) in [4.78, 5) is 69.7. The summed E-state index contributed by atoms with van der Waals surface area (Å²) in [5, 5.41) is 7.60. The van der Waals surface area contributed by atoms with E-state index in [1.54, 1.807) is 6.92 Å². The number of alkyl carbamates (subject to hydrolysis) is 2. The number of aromatic amines is 1. The van der Waals surface area contributed by atoms with Gasteiger partial charge in [0, 0.05) is 36.9 Å². The summed E-state index contributed by atoms with van der Waals surface area (Å²) in [5.74, 6) is 1.09. The number of amides is 4. The fourth-order valence-corrected chi connectivity index (χ4v) is 9.74. The lowest BCUT2D eigenvalue weighted by Crippen LogP contribution is -2.57. The third-order valence-corrected chi connectivity index (χ3v) is 13.6. The van der Waals surface area contributed by atoms with E-state index in [4.69, 9.17) is 28.9 Å². The molecule has 328 valence electrons. The molecular formula is C47H57N7O8. The normalized spacial score (nSPS) is 22.1. The van der Waals surface area contributed by atoms with Crippen LogP contribution in [0.5, 0.6) is 5.75 Å². The van der Waals surface area contributed by atoms with Crippen molar-refractivity contribution < 1.29 is 38.1 Å². The zero-order chi connectivity index (χ0) is 44.0. The van der Waals surface area contributed by atoms with Gasteiger partial charge in [-0.1, -0.05) is 38.5 Å². The van der Waals surface area contributed by atoms with Crippen LogP contribution in [0.2, 0.25) is 0 Å². The molecule has 4 aromatic rings. The Morgan fingerprint density at radius 3 is 2.23 bits per heavy atom. The Kier molecular flexibility index (Phi) is 12.0. The monoisotopic (exact) mass is 847 g/mol. The Labute approximate surface area is 361 Å². The van der Waals surface area contributed by atoms with Crippen molar-refractivity contribution in [2.75, 3.05) is 21.3 Å². The molecule has 5 heterocycles. The summed E-state index contributed by atoms with van der Waals surface area (Å²) in [6.07, 6.45) is 4.44. The zero-order valence-electron chi connectivity index (χ0n) is 36.7. The number of aromatic nitrogens is 2. The van der Waals surface area contributed by atoms with E-state index < -0.39 is 30.4 Å². The number of H-pyrrole nitrogens is 1. The van der Waals surface area contributed by atoms with Crippen LogP contribution in [0.4, 0.5) is 15.3 Å². The molecule has 8 atom stereocenters. The number of rotatable bonds is 11. The third-order valence-electron chi connectivity index (χ3n) is 13.6. The molecule has 4 aliphatic rings. The number of hydrogen-bond acceptors (Lipinski definition) is 10. The topological polar surface area (TPSA) is 177 Å². The van der Waals surface area contributed by atoms with Crippen molar-refractivity contribution in [3.8, 4) is 28.1 Å². The van der Waals surface area contributed by atoms with Gasteiger partial charge in [-0.15, -0.1) is 0 Å². The van der Waals surface area contributed by atoms with Crippen molar-refractivity contribution >= 4 is 46.2 Å². The zero-order valence-corrected chi connectivity index (χ0v) is 36.7. The summed E-state index contributed by atoms with van der Waals surface area (Å²) < 4.78 is 21.6. The van der Waals surface area contributed by atoms with Gasteiger partial charge in [-0.05, 0) is 110 Å². The van der Waals surface area contributed by atoms with Gasteiger partial charge in [-0.3, -0.25) is 14.6 Å². The van der Waals surface area contributed by atoms with Gasteiger partial charge < -0.3 is 44.4 Å². The van der Waals surface area contributed by atoms with E-state index in [1.807, 2.05) is 43.7 Å². The van der Waals surface area contributed by atoms with Crippen molar-refractivity contribution in [2.24, 2.45) is 10.9 Å². The van der Waals surface area contributed by atoms with Gasteiger partial charge >= 0.3 is 12.2 Å². The molecular weight excluding hydrogens is 791 g/mol. The van der Waals surface area contributed by atoms with Crippen molar-refractivity contribution in [1.29, 1.82) is 0 Å². The number of nitrogens with zero attached hydrogens (tertiary/aromatic N) is 4. The highest BCUT2D eigenvalue weighted by Gasteiger charge is 2.44. The molecule has 0 aliphatic carbocycles. The molecule has 1 unspecified atom stereocenters. The highest BCUT2D eigenvalue weighted by atomic mass is 16.5. The van der Waals surface area contributed by atoms with Gasteiger partial charge in [0.1, 0.15) is 30.3 Å². The van der Waals surface area contributed by atoms with Crippen molar-refractivity contribution in [1.82, 2.24) is 30.4 Å². The molecule has 15 nitrogen and oxygen atoms in total. The maximum Gasteiger partial charge on any atom is 0.407 e. The summed E-state index contributed by atoms with van der Waals surface area (Å²) in [6.45, 7) is 10.2. The molecule has 62 heavy (non-hydrogen) atoms. The van der Waals surface area contributed by atoms with Crippen LogP contribution in [0, 0.1) is 5.92 Å². The Morgan fingerprint density at radius 2 is 1.53 bits per heavy atom. The highest BCUT2D eigenvalue weighted by molar-refractivity contribution is 6.06. The lowest BCUT2D eigenvalue weighted by atomic mass is 9.91. The van der Waals surface area contributed by atoms with Crippen LogP contribution in [0.25, 0.3) is 33.2 Å². The molecule has 2 saturated heterocycles. The minimum Gasteiger partial charge on any atom is -0.488 e. The summed E-state index contributed by atoms with van der Waals surface area (Å²) >= 11 is 0. The number of fused-ring (bicyclic) bond motifs is 6. The van der Waals surface area contributed by atoms with E-state index in [0.717, 1.165) is 93.5 Å². The van der Waals surface area contributed by atoms with E-state index >= 15 is 0 Å². The molecule has 0 bridgehead atoms. The van der Waals surface area contributed by atoms with Gasteiger partial charge in [0.2, 0.25) is 11.8 Å². The predicted octanol–water partition coefficient (Wildman–Crippen LogP) is 7.38. The summed E-state index contributed by atoms with van der Waals surface area (Å²) in [7, 11) is 4.09. The van der Waals surface area contributed by atoms with E-state index in [0.29, 0.717) is 18.9 Å². The van der Waals surface area contributed by atoms with Crippen molar-refractivity contribution in [3.63, 3.8) is 0 Å². The molecule has 1 aromatic heterocycles. The smallest absolute Gasteiger partial charge is 0.407 e. The number of methoxy groups -OCH3 is 3. The Morgan fingerprint density at radius 1 is 0.855 bits per heavy atom. The fourth-order valence-electron chi connectivity index (χ4n) is 9.74. The van der Waals surface area contributed by atoms with E-state index in [-0.39, 0.29) is 41.9 Å². The second-order valence-electron chi connectivity index (χ2n) is 17.2. The van der Waals surface area contributed by atoms with Crippen LogP contribution in [0.3, 0.4) is 0 Å². The fraction of sp³-hybridized carbons (Fsp3) is 0.489. The number of carbonyl (C=O) groups excluding carboxylic acids is 4. The van der Waals surface area contributed by atoms with Gasteiger partial charge in [-0.25, -0.2) is 14.6 Å². The van der Waals surface area contributed by atoms with Gasteiger partial charge in [-0.2, -0.15) is 0 Å². The highest BCUT2D eigenvalue weighted by Crippen LogP contribution is 2.45. The molecule has 0 radical (unpaired) electrons. The average molecular weight is 848 g/mol. The van der Waals surface area contributed by atoms with Crippen molar-refractivity contribution in [3.05, 3.63) is 65.6 Å². The molecule has 0 spiro atoms. The number of hydrogen-bond donors (Lipinski definition) is 3. The predicted molar refractivity (Wildman–Crippen MR) is 234 cm³/mol. The molecule has 2 fully saturated rings. The minimum atomic E-state index is -0.906. The first-order valence-electron chi connectivity index (χ1n) is 21.7. The second kappa shape index (κ2) is 17.4. The molecule has 3 aromatic carbocycles. The number of likely N-dealkylation sites (tertiary alicyclic amines) is 2. The number of nitrogens with one attached hydrogen (secondary N) is 3. The number of carbonyl (C=O) groups is 4. The van der Waals surface area contributed by atoms with Gasteiger partial charge in [0.25, 0.3) is 0 Å². The van der Waals surface area contributed by atoms with E-state index in [9.17, 15) is 19.2 Å². The number of imidazole rings is 1. The largest absolute Gasteiger partial charge is 0.488 e. The third kappa shape index (κ3) is 7.75. The van der Waals surface area contributed by atoms with Gasteiger partial charge in [0.05, 0.1) is 50.0 Å². The number of ether oxygens (including phenoxy) is 4. The van der Waals surface area contributed by atoms with Crippen molar-refractivity contribution in [2.45, 2.75) is 122 Å². The minimum absolute atomic E-state index is 0.0154. The second-order valence-corrected chi connectivity index (χ2v) is 17.2. The Bertz CT molecular complexity index is 2430. The first-order chi connectivity index (χ1) is 29.8. The molecule has 15 heteroatoms. The van der Waals surface area contributed by atoms with Crippen LogP contribution in [-0.4, -0.2) is 107 Å². The maximum atomic E-state index is 14.1. The van der Waals surface area contributed by atoms with Crippen LogP contribution < -0.4 is 15.4 Å². The molecule has 4 amide bonds. The maximum absolute atomic E-state index is 14.1. The number of aliphatic imine (C=N–C) groups is 1. The first kappa shape index (κ1) is 42.7. The van der Waals surface area contributed by atoms with E-state index in [1.165, 1.54) is 21.3 Å². The quantitative estimate of drug-likeness (QED) is 0.139. The molecule has 0 saturated carbocycles. The number of benzene rings is 3. The molecule has 4 aliphatic heterocycles. The van der Waals surface area contributed by atoms with E-state index in [2.05, 4.69) is 58.1 Å². The standard InChI is InChI=1S/C47H57N7O8/c1-9-24(2)41(51-46(57)60-7)44(55)54-26(4)11-17-39(54)43-48-22-37(50-43)29-12-14-31-30(18-29)23-62-40-21-32-28(19-34(31)40)13-15-35-33(32)20-36(49-35)38-16-10-25(3)53(38)45(56)42(27(5)59-6)52-47(58)61-8/h12-15,18-19,21-22,24-27,38-39,41-42H,9-11,16-17,20,23H2,1-8H3,(H,48,50)(H,51,57)(H,52,58)/t24-,25-,26-,27+,38?,39-,41-,42-/m0/s1.